The number of nitrogens with one attached hydrogen (secondary N) is 1. The van der Waals surface area contributed by atoms with Gasteiger partial charge in [0.25, 0.3) is 0 Å². The first kappa shape index (κ1) is 16.7. The molecule has 0 spiro atoms. The van der Waals surface area contributed by atoms with E-state index in [2.05, 4.69) is 83.9 Å². The number of hydrogen-bond donors (Lipinski definition) is 1. The summed E-state index contributed by atoms with van der Waals surface area (Å²) in [7, 11) is 0. The molecule has 0 bridgehead atoms. The van der Waals surface area contributed by atoms with E-state index in [4.69, 9.17) is 0 Å². The zero-order valence-electron chi connectivity index (χ0n) is 15.2. The highest BCUT2D eigenvalue weighted by atomic mass is 32.1. The lowest BCUT2D eigenvalue weighted by Crippen LogP contribution is -1.97. The van der Waals surface area contributed by atoms with Crippen LogP contribution in [0.4, 0.5) is 11.5 Å². The number of rotatable bonds is 4. The van der Waals surface area contributed by atoms with Crippen molar-refractivity contribution in [2.75, 3.05) is 5.32 Å². The lowest BCUT2D eigenvalue weighted by molar-refractivity contribution is 1.14. The van der Waals surface area contributed by atoms with Crippen LogP contribution in [0, 0.1) is 13.8 Å². The fraction of sp³-hybridized carbons (Fsp3) is 0.182. The number of aromatic nitrogens is 2. The zero-order chi connectivity index (χ0) is 18.1. The summed E-state index contributed by atoms with van der Waals surface area (Å²) < 4.78 is 0. The number of fused-ring (bicyclic) bond motifs is 1. The van der Waals surface area contributed by atoms with E-state index in [1.165, 1.54) is 27.8 Å². The van der Waals surface area contributed by atoms with Crippen LogP contribution in [0.15, 0.2) is 54.2 Å². The molecular formula is C22H21N3S. The van der Waals surface area contributed by atoms with E-state index < -0.39 is 0 Å². The van der Waals surface area contributed by atoms with E-state index in [1.807, 2.05) is 0 Å². The summed E-state index contributed by atoms with van der Waals surface area (Å²) in [5.41, 5.74) is 7.27. The quantitative estimate of drug-likeness (QED) is 0.466. The Morgan fingerprint density at radius 2 is 1.81 bits per heavy atom. The monoisotopic (exact) mass is 359 g/mol. The molecule has 26 heavy (non-hydrogen) atoms. The van der Waals surface area contributed by atoms with Gasteiger partial charge in [-0.05, 0) is 43.0 Å². The highest BCUT2D eigenvalue weighted by molar-refractivity contribution is 7.17. The molecule has 4 heteroatoms. The van der Waals surface area contributed by atoms with Crippen LogP contribution in [0.5, 0.6) is 0 Å². The number of hydrogen-bond acceptors (Lipinski definition) is 4. The number of anilines is 2. The highest BCUT2D eigenvalue weighted by Crippen LogP contribution is 2.37. The van der Waals surface area contributed by atoms with Gasteiger partial charge in [0.05, 0.1) is 5.39 Å². The molecule has 1 N–H and O–H groups in total. The molecule has 0 amide bonds. The Balaban J connectivity index is 1.81. The fourth-order valence-corrected chi connectivity index (χ4v) is 4.10. The number of thiophene rings is 1. The van der Waals surface area contributed by atoms with E-state index in [1.54, 1.807) is 17.7 Å². The van der Waals surface area contributed by atoms with Gasteiger partial charge in [0.15, 0.2) is 0 Å². The fourth-order valence-electron chi connectivity index (χ4n) is 3.18. The van der Waals surface area contributed by atoms with Gasteiger partial charge in [-0.1, -0.05) is 48.9 Å². The predicted octanol–water partition coefficient (Wildman–Crippen LogP) is 6.28. The molecule has 4 aromatic rings. The number of aryl methyl sites for hydroxylation is 3. The third kappa shape index (κ3) is 3.08. The van der Waals surface area contributed by atoms with E-state index >= 15 is 0 Å². The van der Waals surface area contributed by atoms with Crippen molar-refractivity contribution in [1.82, 2.24) is 9.97 Å². The Morgan fingerprint density at radius 1 is 1.00 bits per heavy atom. The first-order chi connectivity index (χ1) is 12.7. The molecule has 0 unspecified atom stereocenters. The molecule has 0 atom stereocenters. The van der Waals surface area contributed by atoms with Crippen LogP contribution < -0.4 is 5.32 Å². The van der Waals surface area contributed by atoms with Gasteiger partial charge in [-0.25, -0.2) is 9.97 Å². The first-order valence-electron chi connectivity index (χ1n) is 8.81. The minimum Gasteiger partial charge on any atom is -0.339 e. The van der Waals surface area contributed by atoms with Gasteiger partial charge in [0.2, 0.25) is 0 Å². The molecule has 130 valence electrons. The second-order valence-corrected chi connectivity index (χ2v) is 7.40. The number of nitrogens with zero attached hydrogens (tertiary/aromatic N) is 2. The summed E-state index contributed by atoms with van der Waals surface area (Å²) >= 11 is 1.66. The average molecular weight is 359 g/mol. The third-order valence-corrected chi connectivity index (χ3v) is 5.56. The van der Waals surface area contributed by atoms with Crippen molar-refractivity contribution in [2.45, 2.75) is 27.2 Å². The normalized spacial score (nSPS) is 11.0. The van der Waals surface area contributed by atoms with Gasteiger partial charge in [0, 0.05) is 16.6 Å². The highest BCUT2D eigenvalue weighted by Gasteiger charge is 2.14. The molecule has 0 aliphatic heterocycles. The Kier molecular flexibility index (Phi) is 4.43. The molecule has 0 saturated carbocycles. The van der Waals surface area contributed by atoms with Crippen molar-refractivity contribution < 1.29 is 0 Å². The molecule has 4 rings (SSSR count). The van der Waals surface area contributed by atoms with Crippen molar-refractivity contribution in [2.24, 2.45) is 0 Å². The maximum atomic E-state index is 4.54. The summed E-state index contributed by atoms with van der Waals surface area (Å²) in [5.74, 6) is 0.859. The van der Waals surface area contributed by atoms with Crippen molar-refractivity contribution in [3.05, 3.63) is 70.9 Å². The van der Waals surface area contributed by atoms with Crippen LogP contribution in [0.3, 0.4) is 0 Å². The maximum absolute atomic E-state index is 4.54. The molecule has 0 saturated heterocycles. The SMILES string of the molecule is CCc1ccc(-c2csc3ncnc(Nc4ccc(C)cc4C)c23)cc1. The molecule has 2 heterocycles. The Labute approximate surface area is 157 Å². The lowest BCUT2D eigenvalue weighted by Gasteiger charge is -2.11. The standard InChI is InChI=1S/C22H21N3S/c1-4-16-6-8-17(9-7-16)18-12-26-22-20(18)21(23-13-24-22)25-19-10-5-14(2)11-15(19)3/h5-13H,4H2,1-3H3,(H,23,24,25). The third-order valence-electron chi connectivity index (χ3n) is 4.68. The van der Waals surface area contributed by atoms with E-state index in [0.717, 1.165) is 28.1 Å². The van der Waals surface area contributed by atoms with Gasteiger partial charge in [0.1, 0.15) is 17.0 Å². The molecular weight excluding hydrogens is 338 g/mol. The number of benzene rings is 2. The van der Waals surface area contributed by atoms with E-state index in [0.29, 0.717) is 0 Å². The first-order valence-corrected chi connectivity index (χ1v) is 9.69. The Bertz CT molecular complexity index is 1060. The second-order valence-electron chi connectivity index (χ2n) is 6.55. The smallest absolute Gasteiger partial charge is 0.143 e. The molecule has 0 aliphatic rings. The minimum atomic E-state index is 0.859. The summed E-state index contributed by atoms with van der Waals surface area (Å²) in [6.45, 7) is 6.40. The topological polar surface area (TPSA) is 37.8 Å². The van der Waals surface area contributed by atoms with Crippen LogP contribution in [-0.4, -0.2) is 9.97 Å². The van der Waals surface area contributed by atoms with Gasteiger partial charge in [-0.15, -0.1) is 11.3 Å². The summed E-state index contributed by atoms with van der Waals surface area (Å²) in [6, 6.07) is 15.2. The molecule has 3 nitrogen and oxygen atoms in total. The van der Waals surface area contributed by atoms with E-state index in [-0.39, 0.29) is 0 Å². The van der Waals surface area contributed by atoms with Crippen LogP contribution in [0.25, 0.3) is 21.3 Å². The Morgan fingerprint density at radius 3 is 2.54 bits per heavy atom. The van der Waals surface area contributed by atoms with Gasteiger partial charge >= 0.3 is 0 Å². The van der Waals surface area contributed by atoms with Crippen LogP contribution in [0.2, 0.25) is 0 Å². The average Bonchev–Trinajstić information content (AvgIpc) is 3.09. The molecule has 0 radical (unpaired) electrons. The van der Waals surface area contributed by atoms with Gasteiger partial charge < -0.3 is 5.32 Å². The second kappa shape index (κ2) is 6.89. The predicted molar refractivity (Wildman–Crippen MR) is 111 cm³/mol. The maximum Gasteiger partial charge on any atom is 0.143 e. The van der Waals surface area contributed by atoms with Crippen molar-refractivity contribution in [3.8, 4) is 11.1 Å². The molecule has 0 aliphatic carbocycles. The summed E-state index contributed by atoms with van der Waals surface area (Å²) in [4.78, 5) is 10.0. The van der Waals surface area contributed by atoms with Gasteiger partial charge in [-0.3, -0.25) is 0 Å². The molecule has 0 fully saturated rings. The minimum absolute atomic E-state index is 0.859. The zero-order valence-corrected chi connectivity index (χ0v) is 16.0. The molecule has 2 aromatic carbocycles. The van der Waals surface area contributed by atoms with Crippen LogP contribution in [-0.2, 0) is 6.42 Å². The largest absolute Gasteiger partial charge is 0.339 e. The Hall–Kier alpha value is -2.72. The van der Waals surface area contributed by atoms with Crippen LogP contribution in [0.1, 0.15) is 23.6 Å². The van der Waals surface area contributed by atoms with Crippen LogP contribution >= 0.6 is 11.3 Å². The molecule has 2 aromatic heterocycles. The van der Waals surface area contributed by atoms with Gasteiger partial charge in [-0.2, -0.15) is 0 Å². The lowest BCUT2D eigenvalue weighted by atomic mass is 10.0. The van der Waals surface area contributed by atoms with Crippen molar-refractivity contribution >= 4 is 33.1 Å². The summed E-state index contributed by atoms with van der Waals surface area (Å²) in [5, 5.41) is 6.78. The van der Waals surface area contributed by atoms with Crippen molar-refractivity contribution in [1.29, 1.82) is 0 Å². The van der Waals surface area contributed by atoms with E-state index in [9.17, 15) is 0 Å². The van der Waals surface area contributed by atoms with Crippen molar-refractivity contribution in [3.63, 3.8) is 0 Å². The summed E-state index contributed by atoms with van der Waals surface area (Å²) in [6.07, 6.45) is 2.68.